The van der Waals surface area contributed by atoms with E-state index in [1.165, 1.54) is 0 Å². The highest BCUT2D eigenvalue weighted by molar-refractivity contribution is 8.12. The van der Waals surface area contributed by atoms with Gasteiger partial charge in [0, 0.05) is 6.61 Å². The Bertz CT molecular complexity index is 225. The van der Waals surface area contributed by atoms with Gasteiger partial charge in [-0.05, 0) is 18.7 Å². The summed E-state index contributed by atoms with van der Waals surface area (Å²) in [5.41, 5.74) is 0. The first-order valence-electron chi connectivity index (χ1n) is 2.88. The molecule has 0 aromatic carbocycles. The van der Waals surface area contributed by atoms with Gasteiger partial charge in [0.05, 0.1) is 5.94 Å². The van der Waals surface area contributed by atoms with Crippen molar-refractivity contribution in [3.05, 3.63) is 0 Å². The van der Waals surface area contributed by atoms with E-state index in [0.29, 0.717) is 0 Å². The summed E-state index contributed by atoms with van der Waals surface area (Å²) in [4.78, 5) is 0. The lowest BCUT2D eigenvalue weighted by Gasteiger charge is -2.10. The topological polar surface area (TPSA) is 63.6 Å². The maximum atomic E-state index is 12.3. The van der Waals surface area contributed by atoms with Gasteiger partial charge >= 0.3 is 14.7 Å². The molecule has 0 aliphatic heterocycles. The van der Waals surface area contributed by atoms with E-state index in [1.54, 1.807) is 6.92 Å². The van der Waals surface area contributed by atoms with Crippen LogP contribution in [0.25, 0.3) is 0 Å². The molecule has 0 aromatic heterocycles. The zero-order valence-corrected chi connectivity index (χ0v) is 7.79. The van der Waals surface area contributed by atoms with Crippen molar-refractivity contribution in [1.29, 1.82) is 0 Å². The largest absolute Gasteiger partial charge is 0.419 e. The molecule has 0 aromatic rings. The van der Waals surface area contributed by atoms with Gasteiger partial charge < -0.3 is 4.74 Å². The predicted molar refractivity (Wildman–Crippen MR) is 40.6 cm³/mol. The number of alkyl halides is 2. The molecule has 0 radical (unpaired) electrons. The smallest absolute Gasteiger partial charge is 0.371 e. The fourth-order valence-corrected chi connectivity index (χ4v) is 1.40. The lowest BCUT2D eigenvalue weighted by atomic mass is 10.9. The van der Waals surface area contributed by atoms with E-state index < -0.39 is 20.6 Å². The third kappa shape index (κ3) is 3.65. The number of ether oxygens (including phenoxy) is 1. The molecule has 0 saturated carbocycles. The second kappa shape index (κ2) is 4.35. The van der Waals surface area contributed by atoms with Crippen molar-refractivity contribution in [3.8, 4) is 0 Å². The molecule has 1 N–H and O–H groups in total. The Kier molecular flexibility index (Phi) is 4.38. The third-order valence-corrected chi connectivity index (χ3v) is 3.02. The molecule has 0 bridgehead atoms. The Morgan fingerprint density at radius 3 is 2.42 bits per heavy atom. The maximum absolute atomic E-state index is 12.3. The summed E-state index contributed by atoms with van der Waals surface area (Å²) < 4.78 is 52.8. The van der Waals surface area contributed by atoms with Crippen molar-refractivity contribution in [3.63, 3.8) is 0 Å². The molecular weight excluding hydrogens is 214 g/mol. The molecule has 0 atom stereocenters. The van der Waals surface area contributed by atoms with Crippen LogP contribution in [0.15, 0.2) is 0 Å². The first kappa shape index (κ1) is 12.1. The Hall–Kier alpha value is 0.0800. The molecular formula is C4H8F2O4S2. The average molecular weight is 222 g/mol. The van der Waals surface area contributed by atoms with Crippen LogP contribution >= 0.6 is 11.8 Å². The molecule has 0 fully saturated rings. The van der Waals surface area contributed by atoms with Gasteiger partial charge in [-0.15, -0.1) is 0 Å². The van der Waals surface area contributed by atoms with Crippen molar-refractivity contribution < 1.29 is 26.5 Å². The zero-order valence-electron chi connectivity index (χ0n) is 6.16. The van der Waals surface area contributed by atoms with Crippen LogP contribution in [-0.2, 0) is 14.9 Å². The SMILES string of the molecule is CCOCSC(F)(F)S(=O)(=O)O. The molecule has 0 unspecified atom stereocenters. The molecule has 8 heteroatoms. The van der Waals surface area contributed by atoms with Crippen molar-refractivity contribution >= 4 is 21.9 Å². The standard InChI is InChI=1S/C4H8F2O4S2/c1-2-10-3-11-4(5,6)12(7,8)9/h2-3H2,1H3,(H,7,8,9). The van der Waals surface area contributed by atoms with Gasteiger partial charge in [-0.3, -0.25) is 4.55 Å². The van der Waals surface area contributed by atoms with E-state index in [0.717, 1.165) is 0 Å². The third-order valence-electron chi connectivity index (χ3n) is 0.815. The molecule has 0 rings (SSSR count). The minimum atomic E-state index is -5.33. The summed E-state index contributed by atoms with van der Waals surface area (Å²) in [6.07, 6.45) is 0. The van der Waals surface area contributed by atoms with E-state index in [9.17, 15) is 17.2 Å². The van der Waals surface area contributed by atoms with E-state index >= 15 is 0 Å². The highest BCUT2D eigenvalue weighted by Crippen LogP contribution is 2.33. The van der Waals surface area contributed by atoms with Gasteiger partial charge in [0.1, 0.15) is 0 Å². The van der Waals surface area contributed by atoms with Crippen LogP contribution < -0.4 is 0 Å². The van der Waals surface area contributed by atoms with Gasteiger partial charge in [-0.1, -0.05) is 0 Å². The summed E-state index contributed by atoms with van der Waals surface area (Å²) >= 11 is -0.283. The first-order valence-corrected chi connectivity index (χ1v) is 5.30. The molecule has 74 valence electrons. The van der Waals surface area contributed by atoms with Gasteiger partial charge in [0.15, 0.2) is 0 Å². The number of hydrogen-bond acceptors (Lipinski definition) is 4. The van der Waals surface area contributed by atoms with E-state index in [4.69, 9.17) is 4.55 Å². The maximum Gasteiger partial charge on any atom is 0.419 e. The Morgan fingerprint density at radius 1 is 1.58 bits per heavy atom. The summed E-state index contributed by atoms with van der Waals surface area (Å²) in [6, 6.07) is 0. The fourth-order valence-electron chi connectivity index (χ4n) is 0.268. The normalized spacial score (nSPS) is 13.3. The minimum absolute atomic E-state index is 0.203. The van der Waals surface area contributed by atoms with Crippen LogP contribution in [0, 0.1) is 0 Å². The van der Waals surface area contributed by atoms with Crippen LogP contribution in [0.5, 0.6) is 0 Å². The van der Waals surface area contributed by atoms with Gasteiger partial charge in [0.2, 0.25) is 0 Å². The van der Waals surface area contributed by atoms with Crippen molar-refractivity contribution in [2.75, 3.05) is 12.5 Å². The molecule has 0 heterocycles. The van der Waals surface area contributed by atoms with Crippen molar-refractivity contribution in [2.45, 2.75) is 11.5 Å². The Labute approximate surface area is 73.0 Å². The molecule has 0 aliphatic carbocycles. The number of thioether (sulfide) groups is 1. The van der Waals surface area contributed by atoms with E-state index in [2.05, 4.69) is 4.74 Å². The van der Waals surface area contributed by atoms with E-state index in [-0.39, 0.29) is 18.4 Å². The van der Waals surface area contributed by atoms with Crippen LogP contribution in [0.4, 0.5) is 8.78 Å². The van der Waals surface area contributed by atoms with Crippen LogP contribution in [0.2, 0.25) is 0 Å². The average Bonchev–Trinajstić information content (AvgIpc) is 1.85. The summed E-state index contributed by atoms with van der Waals surface area (Å²) in [5, 5.41) is 0. The van der Waals surface area contributed by atoms with Crippen LogP contribution in [0.3, 0.4) is 0 Å². The van der Waals surface area contributed by atoms with E-state index in [1.807, 2.05) is 0 Å². The zero-order chi connectivity index (χ0) is 9.83. The molecule has 4 nitrogen and oxygen atoms in total. The Balaban J connectivity index is 4.06. The molecule has 0 aliphatic rings. The second-order valence-corrected chi connectivity index (χ2v) is 4.45. The second-order valence-electron chi connectivity index (χ2n) is 1.69. The summed E-state index contributed by atoms with van der Waals surface area (Å²) in [7, 11) is -5.33. The summed E-state index contributed by atoms with van der Waals surface area (Å²) in [5.74, 6) is -0.483. The Morgan fingerprint density at radius 2 is 2.08 bits per heavy atom. The van der Waals surface area contributed by atoms with Gasteiger partial charge in [-0.25, -0.2) is 0 Å². The predicted octanol–water partition coefficient (Wildman–Crippen LogP) is 1.15. The molecule has 0 spiro atoms. The molecule has 0 saturated heterocycles. The number of halogens is 2. The summed E-state index contributed by atoms with van der Waals surface area (Å²) in [6.45, 7) is 1.78. The molecule has 0 amide bonds. The lowest BCUT2D eigenvalue weighted by Crippen LogP contribution is -2.24. The minimum Gasteiger partial charge on any atom is -0.371 e. The molecule has 12 heavy (non-hydrogen) atoms. The monoisotopic (exact) mass is 222 g/mol. The fraction of sp³-hybridized carbons (Fsp3) is 1.00. The van der Waals surface area contributed by atoms with Gasteiger partial charge in [-0.2, -0.15) is 17.2 Å². The lowest BCUT2D eigenvalue weighted by molar-refractivity contribution is 0.165. The van der Waals surface area contributed by atoms with Crippen LogP contribution in [-0.4, -0.2) is 30.1 Å². The van der Waals surface area contributed by atoms with Crippen LogP contribution in [0.1, 0.15) is 6.92 Å². The highest BCUT2D eigenvalue weighted by Gasteiger charge is 2.44. The first-order chi connectivity index (χ1) is 5.31. The quantitative estimate of drug-likeness (QED) is 0.429. The highest BCUT2D eigenvalue weighted by atomic mass is 32.3. The number of rotatable bonds is 5. The van der Waals surface area contributed by atoms with Crippen molar-refractivity contribution in [2.24, 2.45) is 0 Å². The van der Waals surface area contributed by atoms with Crippen molar-refractivity contribution in [1.82, 2.24) is 0 Å². The number of hydrogen-bond donors (Lipinski definition) is 1. The van der Waals surface area contributed by atoms with Gasteiger partial charge in [0.25, 0.3) is 0 Å².